The number of nitrogens with zero attached hydrogens (tertiary/aromatic N) is 2. The molecule has 2 heterocycles. The van der Waals surface area contributed by atoms with E-state index >= 15 is 0 Å². The highest BCUT2D eigenvalue weighted by Crippen LogP contribution is 2.22. The fraction of sp³-hybridized carbons (Fsp3) is 0.0588. The molecule has 2 aromatic heterocycles. The molecule has 22 heavy (non-hydrogen) atoms. The van der Waals surface area contributed by atoms with E-state index in [-0.39, 0.29) is 5.56 Å². The average molecular weight is 291 g/mol. The minimum absolute atomic E-state index is 0.196. The normalized spacial score (nSPS) is 11.1. The maximum Gasteiger partial charge on any atom is 0.292 e. The van der Waals surface area contributed by atoms with Crippen LogP contribution in [0.15, 0.2) is 59.5 Å². The molecule has 1 N–H and O–H groups in total. The van der Waals surface area contributed by atoms with Crippen LogP contribution in [-0.2, 0) is 0 Å². The van der Waals surface area contributed by atoms with E-state index in [4.69, 9.17) is 4.74 Å². The fourth-order valence-corrected chi connectivity index (χ4v) is 2.59. The summed E-state index contributed by atoms with van der Waals surface area (Å²) in [5.74, 6) is 0.788. The Kier molecular flexibility index (Phi) is 2.72. The Bertz CT molecular complexity index is 1030. The SMILES string of the molecule is COc1ccc(-c2cn3c(n2)c(=O)[nH]c2ccccc23)cc1. The average Bonchev–Trinajstić information content (AvgIpc) is 3.01. The molecule has 0 atom stereocenters. The largest absolute Gasteiger partial charge is 0.497 e. The zero-order valence-electron chi connectivity index (χ0n) is 11.9. The molecule has 5 nitrogen and oxygen atoms in total. The van der Waals surface area contributed by atoms with Gasteiger partial charge in [0, 0.05) is 11.8 Å². The zero-order chi connectivity index (χ0) is 15.1. The van der Waals surface area contributed by atoms with Crippen molar-refractivity contribution < 1.29 is 4.74 Å². The predicted molar refractivity (Wildman–Crippen MR) is 85.3 cm³/mol. The van der Waals surface area contributed by atoms with Crippen molar-refractivity contribution in [1.82, 2.24) is 14.4 Å². The van der Waals surface area contributed by atoms with Crippen LogP contribution in [0.2, 0.25) is 0 Å². The lowest BCUT2D eigenvalue weighted by molar-refractivity contribution is 0.415. The van der Waals surface area contributed by atoms with Crippen molar-refractivity contribution in [2.75, 3.05) is 7.11 Å². The minimum Gasteiger partial charge on any atom is -0.497 e. The summed E-state index contributed by atoms with van der Waals surface area (Å²) in [7, 11) is 1.63. The maximum atomic E-state index is 12.2. The molecule has 0 bridgehead atoms. The molecule has 0 aliphatic heterocycles. The zero-order valence-corrected chi connectivity index (χ0v) is 11.9. The van der Waals surface area contributed by atoms with Gasteiger partial charge in [-0.15, -0.1) is 0 Å². The van der Waals surface area contributed by atoms with Crippen molar-refractivity contribution in [2.45, 2.75) is 0 Å². The van der Waals surface area contributed by atoms with Gasteiger partial charge in [-0.2, -0.15) is 0 Å². The first-order chi connectivity index (χ1) is 10.8. The van der Waals surface area contributed by atoms with Crippen LogP contribution in [0.25, 0.3) is 27.9 Å². The van der Waals surface area contributed by atoms with Crippen molar-refractivity contribution in [2.24, 2.45) is 0 Å². The number of rotatable bonds is 2. The Hall–Kier alpha value is -3.08. The van der Waals surface area contributed by atoms with Crippen LogP contribution in [0.3, 0.4) is 0 Å². The van der Waals surface area contributed by atoms with Gasteiger partial charge in [0.25, 0.3) is 5.56 Å². The van der Waals surface area contributed by atoms with Crippen LogP contribution in [0.4, 0.5) is 0 Å². The second kappa shape index (κ2) is 4.73. The van der Waals surface area contributed by atoms with Crippen LogP contribution in [0.5, 0.6) is 5.75 Å². The summed E-state index contributed by atoms with van der Waals surface area (Å²) in [5.41, 5.74) is 3.60. The quantitative estimate of drug-likeness (QED) is 0.618. The number of H-pyrrole nitrogens is 1. The van der Waals surface area contributed by atoms with Gasteiger partial charge < -0.3 is 9.72 Å². The molecule has 0 aliphatic rings. The van der Waals surface area contributed by atoms with E-state index in [0.717, 1.165) is 28.0 Å². The fourth-order valence-electron chi connectivity index (χ4n) is 2.59. The number of methoxy groups -OCH3 is 1. The van der Waals surface area contributed by atoms with Crippen molar-refractivity contribution in [3.8, 4) is 17.0 Å². The number of aromatic amines is 1. The molecular weight excluding hydrogens is 278 g/mol. The van der Waals surface area contributed by atoms with Crippen LogP contribution in [0, 0.1) is 0 Å². The standard InChI is InChI=1S/C17H13N3O2/c1-22-12-8-6-11(7-9-12)14-10-20-15-5-3-2-4-13(15)19-17(21)16(20)18-14/h2-10H,1H3,(H,19,21). The number of aromatic nitrogens is 3. The minimum atomic E-state index is -0.196. The Balaban J connectivity index is 1.98. The summed E-state index contributed by atoms with van der Waals surface area (Å²) in [6.07, 6.45) is 1.88. The Morgan fingerprint density at radius 1 is 1.09 bits per heavy atom. The number of hydrogen-bond acceptors (Lipinski definition) is 3. The first-order valence-corrected chi connectivity index (χ1v) is 6.91. The predicted octanol–water partition coefficient (Wildman–Crippen LogP) is 2.85. The third-order valence-electron chi connectivity index (χ3n) is 3.71. The Morgan fingerprint density at radius 2 is 1.86 bits per heavy atom. The molecule has 0 fully saturated rings. The maximum absolute atomic E-state index is 12.2. The summed E-state index contributed by atoms with van der Waals surface area (Å²) < 4.78 is 6.99. The van der Waals surface area contributed by atoms with Gasteiger partial charge in [0.15, 0.2) is 0 Å². The lowest BCUT2D eigenvalue weighted by atomic mass is 10.2. The number of imidazole rings is 1. The highest BCUT2D eigenvalue weighted by atomic mass is 16.5. The lowest BCUT2D eigenvalue weighted by Crippen LogP contribution is -2.10. The molecule has 0 aliphatic carbocycles. The number of ether oxygens (including phenoxy) is 1. The molecule has 0 amide bonds. The second-order valence-corrected chi connectivity index (χ2v) is 5.02. The first-order valence-electron chi connectivity index (χ1n) is 6.91. The number of benzene rings is 2. The van der Waals surface area contributed by atoms with Gasteiger partial charge in [-0.05, 0) is 36.4 Å². The van der Waals surface area contributed by atoms with Crippen LogP contribution in [-0.4, -0.2) is 21.5 Å². The van der Waals surface area contributed by atoms with Gasteiger partial charge in [0.1, 0.15) is 5.75 Å². The van der Waals surface area contributed by atoms with Gasteiger partial charge in [0.05, 0.1) is 23.8 Å². The Morgan fingerprint density at radius 3 is 2.64 bits per heavy atom. The van der Waals surface area contributed by atoms with Crippen molar-refractivity contribution in [3.05, 3.63) is 65.1 Å². The number of para-hydroxylation sites is 2. The van der Waals surface area contributed by atoms with Crippen LogP contribution < -0.4 is 10.3 Å². The summed E-state index contributed by atoms with van der Waals surface area (Å²) >= 11 is 0. The first kappa shape index (κ1) is 12.6. The van der Waals surface area contributed by atoms with Crippen molar-refractivity contribution in [1.29, 1.82) is 0 Å². The summed E-state index contributed by atoms with van der Waals surface area (Å²) in [6.45, 7) is 0. The lowest BCUT2D eigenvalue weighted by Gasteiger charge is -2.00. The molecule has 0 saturated carbocycles. The van der Waals surface area contributed by atoms with Crippen molar-refractivity contribution >= 4 is 16.7 Å². The summed E-state index contributed by atoms with van der Waals surface area (Å²) in [4.78, 5) is 19.5. The molecule has 2 aromatic carbocycles. The van der Waals surface area contributed by atoms with Crippen molar-refractivity contribution in [3.63, 3.8) is 0 Å². The van der Waals surface area contributed by atoms with E-state index in [1.807, 2.05) is 59.1 Å². The topological polar surface area (TPSA) is 59.4 Å². The van der Waals surface area contributed by atoms with Gasteiger partial charge in [-0.3, -0.25) is 9.20 Å². The molecule has 0 saturated heterocycles. The van der Waals surface area contributed by atoms with Gasteiger partial charge in [-0.1, -0.05) is 12.1 Å². The third-order valence-corrected chi connectivity index (χ3v) is 3.71. The number of fused-ring (bicyclic) bond motifs is 3. The molecule has 0 spiro atoms. The van der Waals surface area contributed by atoms with E-state index in [1.54, 1.807) is 7.11 Å². The molecule has 4 rings (SSSR count). The van der Waals surface area contributed by atoms with Gasteiger partial charge in [0.2, 0.25) is 5.65 Å². The van der Waals surface area contributed by atoms with Crippen LogP contribution >= 0.6 is 0 Å². The monoisotopic (exact) mass is 291 g/mol. The second-order valence-electron chi connectivity index (χ2n) is 5.02. The number of hydrogen-bond donors (Lipinski definition) is 1. The van der Waals surface area contributed by atoms with Gasteiger partial charge in [-0.25, -0.2) is 4.98 Å². The smallest absolute Gasteiger partial charge is 0.292 e. The number of nitrogens with one attached hydrogen (secondary N) is 1. The van der Waals surface area contributed by atoms with E-state index in [2.05, 4.69) is 9.97 Å². The van der Waals surface area contributed by atoms with E-state index < -0.39 is 0 Å². The molecule has 5 heteroatoms. The summed E-state index contributed by atoms with van der Waals surface area (Å²) in [6, 6.07) is 15.3. The highest BCUT2D eigenvalue weighted by molar-refractivity contribution is 5.78. The van der Waals surface area contributed by atoms with Gasteiger partial charge >= 0.3 is 0 Å². The molecular formula is C17H13N3O2. The van der Waals surface area contributed by atoms with Crippen LogP contribution in [0.1, 0.15) is 0 Å². The van der Waals surface area contributed by atoms with E-state index in [0.29, 0.717) is 5.65 Å². The Labute approximate surface area is 125 Å². The van der Waals surface area contributed by atoms with E-state index in [1.165, 1.54) is 0 Å². The molecule has 4 aromatic rings. The summed E-state index contributed by atoms with van der Waals surface area (Å²) in [5, 5.41) is 0. The molecule has 0 unspecified atom stereocenters. The van der Waals surface area contributed by atoms with E-state index in [9.17, 15) is 4.79 Å². The highest BCUT2D eigenvalue weighted by Gasteiger charge is 2.10. The molecule has 108 valence electrons. The third kappa shape index (κ3) is 1.87. The molecule has 0 radical (unpaired) electrons.